The fourth-order valence-corrected chi connectivity index (χ4v) is 4.03. The lowest BCUT2D eigenvalue weighted by Crippen LogP contribution is -2.46. The zero-order valence-corrected chi connectivity index (χ0v) is 18.9. The molecule has 1 fully saturated rings. The van der Waals surface area contributed by atoms with Gasteiger partial charge in [0.2, 0.25) is 0 Å². The monoisotopic (exact) mass is 400 g/mol. The van der Waals surface area contributed by atoms with Crippen LogP contribution in [0, 0.1) is 0 Å². The van der Waals surface area contributed by atoms with E-state index in [1.807, 2.05) is 6.08 Å². The zero-order valence-electron chi connectivity index (χ0n) is 18.9. The van der Waals surface area contributed by atoms with Crippen LogP contribution in [0.1, 0.15) is 77.6 Å². The first-order valence-corrected chi connectivity index (χ1v) is 12.1. The number of allylic oxidation sites excluding steroid dienone is 1. The smallest absolute Gasteiger partial charge is 0.119 e. The molecule has 0 unspecified atom stereocenters. The zero-order chi connectivity index (χ0) is 20.6. The number of hydrogen-bond acceptors (Lipinski definition) is 3. The third-order valence-corrected chi connectivity index (χ3v) is 5.97. The number of benzene rings is 1. The van der Waals surface area contributed by atoms with Gasteiger partial charge in [-0.05, 0) is 62.9 Å². The fraction of sp³-hybridized carbons (Fsp3) is 0.692. The van der Waals surface area contributed by atoms with Gasteiger partial charge in [0.15, 0.2) is 0 Å². The minimum absolute atomic E-state index is 0.813. The van der Waals surface area contributed by atoms with Crippen LogP contribution in [0.25, 0.3) is 0 Å². The lowest BCUT2D eigenvalue weighted by Gasteiger charge is -2.36. The van der Waals surface area contributed by atoms with Gasteiger partial charge in [-0.1, -0.05) is 51.5 Å². The average Bonchev–Trinajstić information content (AvgIpc) is 2.76. The van der Waals surface area contributed by atoms with E-state index in [9.17, 15) is 0 Å². The number of ether oxygens (including phenoxy) is 1. The van der Waals surface area contributed by atoms with Crippen molar-refractivity contribution in [2.75, 3.05) is 44.2 Å². The number of rotatable bonds is 16. The van der Waals surface area contributed by atoms with Crippen molar-refractivity contribution in [1.82, 2.24) is 4.90 Å². The molecule has 0 atom stereocenters. The van der Waals surface area contributed by atoms with E-state index in [0.29, 0.717) is 0 Å². The van der Waals surface area contributed by atoms with Gasteiger partial charge in [-0.15, -0.1) is 6.58 Å². The Bertz CT molecular complexity index is 520. The quantitative estimate of drug-likeness (QED) is 0.227. The summed E-state index contributed by atoms with van der Waals surface area (Å²) < 4.78 is 5.88. The van der Waals surface area contributed by atoms with Crippen LogP contribution in [-0.2, 0) is 0 Å². The molecule has 2 rings (SSSR count). The Labute approximate surface area is 180 Å². The van der Waals surface area contributed by atoms with Crippen molar-refractivity contribution < 1.29 is 4.74 Å². The molecule has 1 aromatic rings. The van der Waals surface area contributed by atoms with E-state index < -0.39 is 0 Å². The lowest BCUT2D eigenvalue weighted by atomic mass is 10.1. The van der Waals surface area contributed by atoms with Crippen molar-refractivity contribution >= 4 is 5.69 Å². The van der Waals surface area contributed by atoms with E-state index in [0.717, 1.165) is 38.3 Å². The Kier molecular flexibility index (Phi) is 12.6. The predicted molar refractivity (Wildman–Crippen MR) is 127 cm³/mol. The van der Waals surface area contributed by atoms with Crippen molar-refractivity contribution in [2.45, 2.75) is 77.6 Å². The van der Waals surface area contributed by atoms with Crippen LogP contribution in [0.15, 0.2) is 36.9 Å². The highest BCUT2D eigenvalue weighted by atomic mass is 16.5. The number of piperazine rings is 1. The molecule has 29 heavy (non-hydrogen) atoms. The summed E-state index contributed by atoms with van der Waals surface area (Å²) in [6.45, 7) is 12.8. The number of anilines is 1. The molecule has 0 amide bonds. The summed E-state index contributed by atoms with van der Waals surface area (Å²) in [4.78, 5) is 5.16. The third-order valence-electron chi connectivity index (χ3n) is 5.97. The van der Waals surface area contributed by atoms with Gasteiger partial charge >= 0.3 is 0 Å². The lowest BCUT2D eigenvalue weighted by molar-refractivity contribution is 0.252. The molecule has 1 aromatic carbocycles. The van der Waals surface area contributed by atoms with Crippen LogP contribution >= 0.6 is 0 Å². The summed E-state index contributed by atoms with van der Waals surface area (Å²) in [6, 6.07) is 8.70. The molecule has 3 nitrogen and oxygen atoms in total. The molecule has 0 aromatic heterocycles. The van der Waals surface area contributed by atoms with Crippen LogP contribution in [-0.4, -0.2) is 44.2 Å². The highest BCUT2D eigenvalue weighted by Gasteiger charge is 2.16. The molecule has 1 heterocycles. The second kappa shape index (κ2) is 15.4. The van der Waals surface area contributed by atoms with Crippen molar-refractivity contribution in [1.29, 1.82) is 0 Å². The summed E-state index contributed by atoms with van der Waals surface area (Å²) in [5.74, 6) is 0.995. The first-order chi connectivity index (χ1) is 14.3. The van der Waals surface area contributed by atoms with Gasteiger partial charge in [-0.3, -0.25) is 4.90 Å². The first-order valence-electron chi connectivity index (χ1n) is 12.1. The van der Waals surface area contributed by atoms with Crippen LogP contribution in [0.4, 0.5) is 5.69 Å². The molecule has 0 N–H and O–H groups in total. The Balaban J connectivity index is 1.56. The van der Waals surface area contributed by atoms with Crippen molar-refractivity contribution in [3.05, 3.63) is 36.9 Å². The molecule has 0 spiro atoms. The molecule has 3 heteroatoms. The normalized spacial score (nSPS) is 14.9. The Morgan fingerprint density at radius 3 is 2.17 bits per heavy atom. The van der Waals surface area contributed by atoms with Gasteiger partial charge in [-0.25, -0.2) is 0 Å². The Morgan fingerprint density at radius 2 is 1.48 bits per heavy atom. The molecule has 0 aliphatic carbocycles. The van der Waals surface area contributed by atoms with Gasteiger partial charge in [0, 0.05) is 31.9 Å². The Hall–Kier alpha value is -1.48. The topological polar surface area (TPSA) is 15.7 Å². The molecule has 1 aliphatic rings. The van der Waals surface area contributed by atoms with Gasteiger partial charge in [0.05, 0.1) is 6.61 Å². The molecule has 0 saturated carbocycles. The number of nitrogens with zero attached hydrogens (tertiary/aromatic N) is 2. The van der Waals surface area contributed by atoms with E-state index in [2.05, 4.69) is 47.6 Å². The summed E-state index contributed by atoms with van der Waals surface area (Å²) in [6.07, 6.45) is 16.5. The summed E-state index contributed by atoms with van der Waals surface area (Å²) in [5, 5.41) is 0. The minimum atomic E-state index is 0.813. The van der Waals surface area contributed by atoms with Crippen molar-refractivity contribution in [3.8, 4) is 5.75 Å². The highest BCUT2D eigenvalue weighted by Crippen LogP contribution is 2.21. The second-order valence-corrected chi connectivity index (χ2v) is 8.43. The summed E-state index contributed by atoms with van der Waals surface area (Å²) >= 11 is 0. The maximum absolute atomic E-state index is 5.88. The molecule has 1 saturated heterocycles. The van der Waals surface area contributed by atoms with Crippen LogP contribution in [0.3, 0.4) is 0 Å². The van der Waals surface area contributed by atoms with E-state index >= 15 is 0 Å². The minimum Gasteiger partial charge on any atom is -0.494 e. The van der Waals surface area contributed by atoms with Crippen molar-refractivity contribution in [2.24, 2.45) is 0 Å². The fourth-order valence-electron chi connectivity index (χ4n) is 4.03. The van der Waals surface area contributed by atoms with Gasteiger partial charge in [0.1, 0.15) is 5.75 Å². The SMILES string of the molecule is C=CCCCCCOc1ccc(N2CCN(CCCCCCCCC)CC2)cc1. The number of unbranched alkanes of at least 4 members (excludes halogenated alkanes) is 9. The van der Waals surface area contributed by atoms with Crippen molar-refractivity contribution in [3.63, 3.8) is 0 Å². The molecular weight excluding hydrogens is 356 g/mol. The summed E-state index contributed by atoms with van der Waals surface area (Å²) in [7, 11) is 0. The molecule has 0 bridgehead atoms. The average molecular weight is 401 g/mol. The van der Waals surface area contributed by atoms with E-state index in [1.165, 1.54) is 83.1 Å². The first kappa shape index (κ1) is 23.8. The molecular formula is C26H44N2O. The molecule has 164 valence electrons. The molecule has 0 radical (unpaired) electrons. The maximum atomic E-state index is 5.88. The van der Waals surface area contributed by atoms with Crippen LogP contribution < -0.4 is 9.64 Å². The third kappa shape index (κ3) is 10.2. The standard InChI is InChI=1S/C26H44N2O/c1-3-5-7-9-10-11-13-19-27-20-22-28(23-21-27)25-15-17-26(18-16-25)29-24-14-12-8-6-4-2/h4,15-18H,2-3,5-14,19-24H2,1H3. The second-order valence-electron chi connectivity index (χ2n) is 8.43. The van der Waals surface area contributed by atoms with E-state index in [-0.39, 0.29) is 0 Å². The van der Waals surface area contributed by atoms with Crippen LogP contribution in [0.2, 0.25) is 0 Å². The number of hydrogen-bond donors (Lipinski definition) is 0. The summed E-state index contributed by atoms with van der Waals surface area (Å²) in [5.41, 5.74) is 1.33. The van der Waals surface area contributed by atoms with E-state index in [1.54, 1.807) is 0 Å². The van der Waals surface area contributed by atoms with E-state index in [4.69, 9.17) is 4.74 Å². The predicted octanol–water partition coefficient (Wildman–Crippen LogP) is 6.68. The van der Waals surface area contributed by atoms with Gasteiger partial charge in [-0.2, -0.15) is 0 Å². The Morgan fingerprint density at radius 1 is 0.828 bits per heavy atom. The van der Waals surface area contributed by atoms with Crippen LogP contribution in [0.5, 0.6) is 5.75 Å². The largest absolute Gasteiger partial charge is 0.494 e. The highest BCUT2D eigenvalue weighted by molar-refractivity contribution is 5.49. The van der Waals surface area contributed by atoms with Gasteiger partial charge < -0.3 is 9.64 Å². The molecule has 1 aliphatic heterocycles. The van der Waals surface area contributed by atoms with Gasteiger partial charge in [0.25, 0.3) is 0 Å². The maximum Gasteiger partial charge on any atom is 0.119 e.